The highest BCUT2D eigenvalue weighted by molar-refractivity contribution is 7.80. The fourth-order valence-electron chi connectivity index (χ4n) is 3.26. The number of aryl methyl sites for hydroxylation is 1. The highest BCUT2D eigenvalue weighted by Crippen LogP contribution is 2.37. The Morgan fingerprint density at radius 3 is 2.72 bits per heavy atom. The summed E-state index contributed by atoms with van der Waals surface area (Å²) in [6, 6.07) is 11.6. The van der Waals surface area contributed by atoms with Crippen molar-refractivity contribution in [2.75, 3.05) is 29.2 Å². The molecular weight excluding hydrogens is 391 g/mol. The number of carbonyl (C=O) groups excluding carboxylic acids is 1. The van der Waals surface area contributed by atoms with Gasteiger partial charge in [0.15, 0.2) is 5.11 Å². The van der Waals surface area contributed by atoms with E-state index in [0.29, 0.717) is 40.8 Å². The minimum atomic E-state index is -0.326. The molecule has 2 aromatic carbocycles. The molecule has 3 rings (SSSR count). The van der Waals surface area contributed by atoms with E-state index in [1.165, 1.54) is 24.1 Å². The molecule has 0 bridgehead atoms. The molecule has 1 amide bonds. The molecule has 2 N–H and O–H groups in total. The Morgan fingerprint density at radius 2 is 2.07 bits per heavy atom. The van der Waals surface area contributed by atoms with Crippen LogP contribution in [0.4, 0.5) is 21.5 Å². The van der Waals surface area contributed by atoms with Crippen LogP contribution in [0.1, 0.15) is 18.9 Å². The van der Waals surface area contributed by atoms with Gasteiger partial charge in [-0.2, -0.15) is 5.26 Å². The molecule has 150 valence electrons. The van der Waals surface area contributed by atoms with Crippen LogP contribution in [-0.4, -0.2) is 24.7 Å². The fourth-order valence-corrected chi connectivity index (χ4v) is 3.49. The maximum absolute atomic E-state index is 13.1. The summed E-state index contributed by atoms with van der Waals surface area (Å²) in [6.45, 7) is 1.85. The molecule has 1 unspecified atom stereocenters. The highest BCUT2D eigenvalue weighted by atomic mass is 32.1. The second-order valence-electron chi connectivity index (χ2n) is 6.79. The lowest BCUT2D eigenvalue weighted by Gasteiger charge is -2.23. The van der Waals surface area contributed by atoms with Crippen molar-refractivity contribution in [1.29, 1.82) is 5.26 Å². The van der Waals surface area contributed by atoms with E-state index in [1.807, 2.05) is 13.0 Å². The van der Waals surface area contributed by atoms with E-state index in [1.54, 1.807) is 18.2 Å². The Morgan fingerprint density at radius 1 is 1.34 bits per heavy atom. The number of thiocarbonyl (C=S) groups is 1. The Balaban J connectivity index is 1.89. The van der Waals surface area contributed by atoms with Crippen molar-refractivity contribution in [3.05, 3.63) is 47.8 Å². The van der Waals surface area contributed by atoms with Gasteiger partial charge in [0.1, 0.15) is 18.1 Å². The number of benzene rings is 2. The normalized spacial score (nSPS) is 15.7. The second-order valence-corrected chi connectivity index (χ2v) is 7.20. The number of carbonyl (C=O) groups is 1. The van der Waals surface area contributed by atoms with Crippen molar-refractivity contribution >= 4 is 40.3 Å². The number of ether oxygens (including phenoxy) is 1. The van der Waals surface area contributed by atoms with Gasteiger partial charge >= 0.3 is 0 Å². The molecule has 1 aliphatic heterocycles. The Bertz CT molecular complexity index is 972. The van der Waals surface area contributed by atoms with E-state index >= 15 is 0 Å². The SMILES string of the molecule is COc1cc2c(cc1NC(=S)Nc1ccc(F)cc1)CCC(C)C(=O)N2CC#N. The van der Waals surface area contributed by atoms with Crippen LogP contribution in [0.25, 0.3) is 0 Å². The van der Waals surface area contributed by atoms with Crippen molar-refractivity contribution in [1.82, 2.24) is 0 Å². The molecule has 29 heavy (non-hydrogen) atoms. The number of fused-ring (bicyclic) bond motifs is 1. The molecule has 6 nitrogen and oxygen atoms in total. The van der Waals surface area contributed by atoms with Crippen molar-refractivity contribution in [3.63, 3.8) is 0 Å². The van der Waals surface area contributed by atoms with Gasteiger partial charge in [0.2, 0.25) is 5.91 Å². The zero-order chi connectivity index (χ0) is 21.0. The summed E-state index contributed by atoms with van der Waals surface area (Å²) in [4.78, 5) is 14.2. The number of hydrogen-bond donors (Lipinski definition) is 2. The molecule has 0 saturated carbocycles. The van der Waals surface area contributed by atoms with E-state index in [4.69, 9.17) is 22.2 Å². The molecule has 0 saturated heterocycles. The maximum Gasteiger partial charge on any atom is 0.230 e. The zero-order valence-corrected chi connectivity index (χ0v) is 17.0. The second kappa shape index (κ2) is 8.88. The molecule has 0 radical (unpaired) electrons. The molecule has 0 aliphatic carbocycles. The first kappa shape index (κ1) is 20.6. The van der Waals surface area contributed by atoms with Crippen LogP contribution < -0.4 is 20.3 Å². The average Bonchev–Trinajstić information content (AvgIpc) is 2.81. The molecular formula is C21H21FN4O2S. The summed E-state index contributed by atoms with van der Waals surface area (Å²) >= 11 is 5.36. The summed E-state index contributed by atoms with van der Waals surface area (Å²) in [6.07, 6.45) is 1.39. The highest BCUT2D eigenvalue weighted by Gasteiger charge is 2.28. The van der Waals surface area contributed by atoms with Crippen LogP contribution >= 0.6 is 12.2 Å². The number of methoxy groups -OCH3 is 1. The Hall–Kier alpha value is -3.18. The van der Waals surface area contributed by atoms with Gasteiger partial charge in [0, 0.05) is 17.7 Å². The number of nitrogens with zero attached hydrogens (tertiary/aromatic N) is 2. The minimum absolute atomic E-state index is 0.0172. The van der Waals surface area contributed by atoms with Crippen molar-refractivity contribution in [2.45, 2.75) is 19.8 Å². The monoisotopic (exact) mass is 412 g/mol. The lowest BCUT2D eigenvalue weighted by molar-refractivity contribution is -0.121. The summed E-state index contributed by atoms with van der Waals surface area (Å²) < 4.78 is 18.6. The summed E-state index contributed by atoms with van der Waals surface area (Å²) in [5.41, 5.74) is 2.91. The van der Waals surface area contributed by atoms with Crippen LogP contribution in [0.2, 0.25) is 0 Å². The standard InChI is InChI=1S/C21H21FN4O2S/c1-13-3-4-14-11-17(25-21(29)24-16-7-5-15(22)6-8-16)19(28-2)12-18(14)26(10-9-23)20(13)27/h5-8,11-13H,3-4,10H2,1-2H3,(H2,24,25,29). The topological polar surface area (TPSA) is 77.4 Å². The molecule has 1 atom stereocenters. The van der Waals surface area contributed by atoms with Crippen molar-refractivity contribution in [3.8, 4) is 11.8 Å². The van der Waals surface area contributed by atoms with Gasteiger partial charge in [0.05, 0.1) is 24.6 Å². The van der Waals surface area contributed by atoms with E-state index in [-0.39, 0.29) is 24.2 Å². The first-order valence-corrected chi connectivity index (χ1v) is 9.56. The predicted octanol–water partition coefficient (Wildman–Crippen LogP) is 4.08. The molecule has 2 aromatic rings. The molecule has 0 fully saturated rings. The van der Waals surface area contributed by atoms with Gasteiger partial charge < -0.3 is 15.4 Å². The van der Waals surface area contributed by atoms with Gasteiger partial charge in [0.25, 0.3) is 0 Å². The Kier molecular flexibility index (Phi) is 6.29. The first-order chi connectivity index (χ1) is 13.9. The smallest absolute Gasteiger partial charge is 0.230 e. The number of hydrogen-bond acceptors (Lipinski definition) is 4. The van der Waals surface area contributed by atoms with Crippen LogP contribution in [0, 0.1) is 23.1 Å². The summed E-state index contributed by atoms with van der Waals surface area (Å²) in [5.74, 6) is -0.0641. The number of rotatable bonds is 4. The number of nitriles is 1. The predicted molar refractivity (Wildman–Crippen MR) is 115 cm³/mol. The van der Waals surface area contributed by atoms with Crippen LogP contribution in [0.3, 0.4) is 0 Å². The third-order valence-electron chi connectivity index (χ3n) is 4.80. The van der Waals surface area contributed by atoms with Gasteiger partial charge in [-0.15, -0.1) is 0 Å². The molecule has 0 aromatic heterocycles. The molecule has 1 aliphatic rings. The minimum Gasteiger partial charge on any atom is -0.494 e. The summed E-state index contributed by atoms with van der Waals surface area (Å²) in [5, 5.41) is 15.6. The number of halogens is 1. The van der Waals surface area contributed by atoms with Crippen LogP contribution in [-0.2, 0) is 11.2 Å². The third-order valence-corrected chi connectivity index (χ3v) is 5.01. The molecule has 8 heteroatoms. The zero-order valence-electron chi connectivity index (χ0n) is 16.2. The van der Waals surface area contributed by atoms with E-state index in [0.717, 1.165) is 5.56 Å². The lowest BCUT2D eigenvalue weighted by Crippen LogP contribution is -2.34. The van der Waals surface area contributed by atoms with Gasteiger partial charge in [-0.3, -0.25) is 9.69 Å². The van der Waals surface area contributed by atoms with E-state index in [2.05, 4.69) is 16.7 Å². The number of anilines is 3. The van der Waals surface area contributed by atoms with E-state index in [9.17, 15) is 9.18 Å². The van der Waals surface area contributed by atoms with Gasteiger partial charge in [-0.05, 0) is 61.0 Å². The molecule has 1 heterocycles. The average molecular weight is 412 g/mol. The number of nitrogens with one attached hydrogen (secondary N) is 2. The molecule has 0 spiro atoms. The van der Waals surface area contributed by atoms with Crippen molar-refractivity contribution < 1.29 is 13.9 Å². The summed E-state index contributed by atoms with van der Waals surface area (Å²) in [7, 11) is 1.53. The van der Waals surface area contributed by atoms with E-state index < -0.39 is 0 Å². The fraction of sp³-hybridized carbons (Fsp3) is 0.286. The lowest BCUT2D eigenvalue weighted by atomic mass is 10.0. The van der Waals surface area contributed by atoms with Crippen LogP contribution in [0.15, 0.2) is 36.4 Å². The van der Waals surface area contributed by atoms with Gasteiger partial charge in [-0.25, -0.2) is 4.39 Å². The third kappa shape index (κ3) is 4.63. The van der Waals surface area contributed by atoms with Crippen molar-refractivity contribution in [2.24, 2.45) is 5.92 Å². The Labute approximate surface area is 174 Å². The number of amides is 1. The largest absolute Gasteiger partial charge is 0.494 e. The first-order valence-electron chi connectivity index (χ1n) is 9.15. The van der Waals surface area contributed by atoms with Crippen LogP contribution in [0.5, 0.6) is 5.75 Å². The van der Waals surface area contributed by atoms with Gasteiger partial charge in [-0.1, -0.05) is 6.92 Å². The maximum atomic E-state index is 13.1. The quantitative estimate of drug-likeness (QED) is 0.582.